The van der Waals surface area contributed by atoms with Crippen LogP contribution in [0.25, 0.3) is 11.1 Å². The molecule has 1 aliphatic carbocycles. The fraction of sp³-hybridized carbons (Fsp3) is 0.571. The average molecular weight is 519 g/mol. The van der Waals surface area contributed by atoms with E-state index in [1.165, 1.54) is 24.5 Å². The first kappa shape index (κ1) is 31.7. The molecule has 0 fully saturated rings. The highest BCUT2D eigenvalue weighted by atomic mass is 16.1. The predicted octanol–water partition coefficient (Wildman–Crippen LogP) is 9.33. The van der Waals surface area contributed by atoms with Crippen molar-refractivity contribution < 1.29 is 14.4 Å². The summed E-state index contributed by atoms with van der Waals surface area (Å²) in [6, 6.07) is 13.0. The Kier molecular flexibility index (Phi) is 12.6. The monoisotopic (exact) mass is 518 g/mol. The highest BCUT2D eigenvalue weighted by Crippen LogP contribution is 2.40. The third kappa shape index (κ3) is 8.22. The molecule has 0 spiro atoms. The average Bonchev–Trinajstić information content (AvgIpc) is 2.84. The summed E-state index contributed by atoms with van der Waals surface area (Å²) >= 11 is 0. The molecule has 2 aromatic carbocycles. The first-order valence-corrected chi connectivity index (χ1v) is 14.9. The van der Waals surface area contributed by atoms with Crippen LogP contribution in [0.4, 0.5) is 0 Å². The molecule has 3 rings (SSSR count). The molecular weight excluding hydrogens is 468 g/mol. The largest absolute Gasteiger partial charge is 0.300 e. The van der Waals surface area contributed by atoms with Crippen molar-refractivity contribution in [2.75, 3.05) is 0 Å². The van der Waals surface area contributed by atoms with Gasteiger partial charge in [-0.05, 0) is 78.7 Å². The number of ketones is 3. The Balaban J connectivity index is 0.00000161. The molecule has 0 N–H and O–H groups in total. The number of hydrogen-bond acceptors (Lipinski definition) is 3. The summed E-state index contributed by atoms with van der Waals surface area (Å²) in [4.78, 5) is 37.9. The van der Waals surface area contributed by atoms with Crippen LogP contribution >= 0.6 is 0 Å². The summed E-state index contributed by atoms with van der Waals surface area (Å²) in [6.45, 7) is 16.4. The summed E-state index contributed by atoms with van der Waals surface area (Å²) in [7, 11) is 0. The van der Waals surface area contributed by atoms with Gasteiger partial charge in [-0.25, -0.2) is 0 Å². The lowest BCUT2D eigenvalue weighted by Gasteiger charge is -2.32. The molecule has 0 aromatic heterocycles. The van der Waals surface area contributed by atoms with Crippen molar-refractivity contribution in [3.63, 3.8) is 0 Å². The second kappa shape index (κ2) is 15.1. The smallest absolute Gasteiger partial charge is 0.163 e. The molecule has 0 radical (unpaired) electrons. The van der Waals surface area contributed by atoms with Crippen molar-refractivity contribution in [2.45, 2.75) is 113 Å². The first-order valence-electron chi connectivity index (χ1n) is 14.9. The molecule has 0 amide bonds. The maximum absolute atomic E-state index is 13.4. The molecule has 0 saturated heterocycles. The van der Waals surface area contributed by atoms with E-state index in [4.69, 9.17) is 0 Å². The number of carbonyl (C=O) groups is 3. The van der Waals surface area contributed by atoms with Crippen molar-refractivity contribution in [1.29, 1.82) is 0 Å². The molecule has 1 aliphatic rings. The Morgan fingerprint density at radius 1 is 0.947 bits per heavy atom. The van der Waals surface area contributed by atoms with Crippen LogP contribution in [0.5, 0.6) is 0 Å². The molecule has 3 heteroatoms. The fourth-order valence-electron chi connectivity index (χ4n) is 6.06. The van der Waals surface area contributed by atoms with Crippen LogP contribution in [0.3, 0.4) is 0 Å². The van der Waals surface area contributed by atoms with Gasteiger partial charge in [0.25, 0.3) is 0 Å². The summed E-state index contributed by atoms with van der Waals surface area (Å²) in [5.74, 6) is 1.06. The van der Waals surface area contributed by atoms with Gasteiger partial charge >= 0.3 is 0 Å². The zero-order valence-electron chi connectivity index (χ0n) is 25.2. The van der Waals surface area contributed by atoms with Gasteiger partial charge in [-0.3, -0.25) is 14.4 Å². The number of hydrogen-bond donors (Lipinski definition) is 0. The topological polar surface area (TPSA) is 51.2 Å². The van der Waals surface area contributed by atoms with Crippen LogP contribution in [-0.4, -0.2) is 17.3 Å². The third-order valence-corrected chi connectivity index (χ3v) is 7.80. The third-order valence-electron chi connectivity index (χ3n) is 7.80. The summed E-state index contributed by atoms with van der Waals surface area (Å²) in [6.07, 6.45) is 6.25. The van der Waals surface area contributed by atoms with Gasteiger partial charge < -0.3 is 0 Å². The molecule has 3 unspecified atom stereocenters. The Morgan fingerprint density at radius 2 is 1.58 bits per heavy atom. The predicted molar refractivity (Wildman–Crippen MR) is 160 cm³/mol. The van der Waals surface area contributed by atoms with Crippen molar-refractivity contribution in [3.8, 4) is 11.1 Å². The van der Waals surface area contributed by atoms with E-state index in [-0.39, 0.29) is 41.5 Å². The Morgan fingerprint density at radius 3 is 2.11 bits per heavy atom. The number of fused-ring (bicyclic) bond motifs is 1. The highest BCUT2D eigenvalue weighted by molar-refractivity contribution is 6.02. The van der Waals surface area contributed by atoms with E-state index in [2.05, 4.69) is 77.9 Å². The van der Waals surface area contributed by atoms with E-state index >= 15 is 0 Å². The molecule has 3 nitrogen and oxygen atoms in total. The van der Waals surface area contributed by atoms with E-state index in [9.17, 15) is 14.4 Å². The minimum atomic E-state index is -0.101. The van der Waals surface area contributed by atoms with Gasteiger partial charge in [0.2, 0.25) is 0 Å². The Hall–Kier alpha value is -2.55. The van der Waals surface area contributed by atoms with Crippen LogP contribution in [0.15, 0.2) is 36.4 Å². The number of rotatable bonds is 11. The molecule has 0 aliphatic heterocycles. The summed E-state index contributed by atoms with van der Waals surface area (Å²) in [5, 5.41) is 0. The minimum absolute atomic E-state index is 0.0286. The lowest BCUT2D eigenvalue weighted by molar-refractivity contribution is -0.129. The molecule has 0 heterocycles. The number of Topliss-reactive ketones (excluding diaryl/α,β-unsaturated/α-hetero) is 3. The van der Waals surface area contributed by atoms with Gasteiger partial charge in [0.1, 0.15) is 11.6 Å². The summed E-state index contributed by atoms with van der Waals surface area (Å²) < 4.78 is 0. The molecule has 0 bridgehead atoms. The van der Waals surface area contributed by atoms with Crippen molar-refractivity contribution in [1.82, 2.24) is 0 Å². The fourth-order valence-corrected chi connectivity index (χ4v) is 6.06. The molecular formula is C35H50O3. The van der Waals surface area contributed by atoms with Crippen molar-refractivity contribution >= 4 is 17.3 Å². The van der Waals surface area contributed by atoms with Gasteiger partial charge in [-0.1, -0.05) is 97.2 Å². The second-order valence-electron chi connectivity index (χ2n) is 11.6. The van der Waals surface area contributed by atoms with Crippen molar-refractivity contribution in [2.24, 2.45) is 17.8 Å². The second-order valence-corrected chi connectivity index (χ2v) is 11.6. The Labute approximate surface area is 231 Å². The van der Waals surface area contributed by atoms with Gasteiger partial charge in [-0.15, -0.1) is 0 Å². The molecule has 2 aromatic rings. The van der Waals surface area contributed by atoms with E-state index in [0.717, 1.165) is 54.4 Å². The standard InChI is InChI=1S/C32H42O3.C3H8/c1-7-9-26(27(8-2)30(34)16-22(6)33)17-23-18-29-28(15-10-21(5)32(29)31(35)19-23)25-13-11-24(12-14-25)20(3)4;1-3-2/h10-15,20,23,26-27H,7-9,16-19H2,1-6H3;3H2,1-2H3. The number of benzene rings is 2. The van der Waals surface area contributed by atoms with Gasteiger partial charge in [-0.2, -0.15) is 0 Å². The van der Waals surface area contributed by atoms with E-state index in [1.54, 1.807) is 0 Å². The quantitative estimate of drug-likeness (QED) is 0.278. The minimum Gasteiger partial charge on any atom is -0.300 e. The maximum Gasteiger partial charge on any atom is 0.163 e. The zero-order chi connectivity index (χ0) is 28.4. The first-order chi connectivity index (χ1) is 18.1. The molecule has 38 heavy (non-hydrogen) atoms. The summed E-state index contributed by atoms with van der Waals surface area (Å²) in [5.41, 5.74) is 6.75. The molecule has 208 valence electrons. The lowest BCUT2D eigenvalue weighted by Crippen LogP contribution is -2.30. The van der Waals surface area contributed by atoms with Crippen LogP contribution < -0.4 is 0 Å². The normalized spacial score (nSPS) is 16.3. The maximum atomic E-state index is 13.4. The van der Waals surface area contributed by atoms with Crippen molar-refractivity contribution in [3.05, 3.63) is 58.7 Å². The van der Waals surface area contributed by atoms with E-state index < -0.39 is 0 Å². The van der Waals surface area contributed by atoms with Crippen LogP contribution in [0.2, 0.25) is 0 Å². The van der Waals surface area contributed by atoms with Crippen LogP contribution in [0, 0.1) is 24.7 Å². The number of carbonyl (C=O) groups excluding carboxylic acids is 3. The van der Waals surface area contributed by atoms with Gasteiger partial charge in [0, 0.05) is 17.9 Å². The van der Waals surface area contributed by atoms with E-state index in [0.29, 0.717) is 12.3 Å². The SMILES string of the molecule is CCC.CCCC(CC1CC(=O)c2c(C)ccc(-c3ccc(C(C)C)cc3)c2C1)C(CC)C(=O)CC(C)=O. The number of aryl methyl sites for hydroxylation is 1. The molecule has 0 saturated carbocycles. The zero-order valence-corrected chi connectivity index (χ0v) is 25.2. The Bertz CT molecular complexity index is 1080. The van der Waals surface area contributed by atoms with Crippen LogP contribution in [-0.2, 0) is 16.0 Å². The van der Waals surface area contributed by atoms with Gasteiger partial charge in [0.05, 0.1) is 6.42 Å². The van der Waals surface area contributed by atoms with E-state index in [1.807, 2.05) is 6.92 Å². The highest BCUT2D eigenvalue weighted by Gasteiger charge is 2.34. The van der Waals surface area contributed by atoms with Crippen LogP contribution in [0.1, 0.15) is 126 Å². The molecule has 3 atom stereocenters. The lowest BCUT2D eigenvalue weighted by atomic mass is 9.71. The van der Waals surface area contributed by atoms with Gasteiger partial charge in [0.15, 0.2) is 5.78 Å².